The fourth-order valence-corrected chi connectivity index (χ4v) is 3.73. The normalized spacial score (nSPS) is 18.7. The average Bonchev–Trinajstić information content (AvgIpc) is 2.72. The fourth-order valence-electron chi connectivity index (χ4n) is 3.20. The second-order valence-electron chi connectivity index (χ2n) is 5.95. The summed E-state index contributed by atoms with van der Waals surface area (Å²) < 4.78 is 0. The Morgan fingerprint density at radius 3 is 2.70 bits per heavy atom. The van der Waals surface area contributed by atoms with Crippen molar-refractivity contribution in [3.8, 4) is 0 Å². The van der Waals surface area contributed by atoms with Crippen molar-refractivity contribution in [2.24, 2.45) is 0 Å². The van der Waals surface area contributed by atoms with E-state index >= 15 is 0 Å². The van der Waals surface area contributed by atoms with E-state index < -0.39 is 0 Å². The Bertz CT molecular complexity index is 685. The minimum absolute atomic E-state index is 0.177. The van der Waals surface area contributed by atoms with Crippen LogP contribution in [-0.2, 0) is 0 Å². The van der Waals surface area contributed by atoms with Crippen LogP contribution in [0, 0.1) is 6.92 Å². The molecule has 1 aromatic carbocycles. The molecule has 0 amide bonds. The molecule has 0 spiro atoms. The van der Waals surface area contributed by atoms with Crippen molar-refractivity contribution < 1.29 is 0 Å². The molecule has 1 aromatic heterocycles. The summed E-state index contributed by atoms with van der Waals surface area (Å²) >= 11 is 12.5. The third-order valence-corrected chi connectivity index (χ3v) is 4.79. The molecule has 0 bridgehead atoms. The van der Waals surface area contributed by atoms with Crippen LogP contribution in [0.25, 0.3) is 0 Å². The molecule has 6 heteroatoms. The Balaban J connectivity index is 2.03. The highest BCUT2D eigenvalue weighted by Gasteiger charge is 2.26. The first kappa shape index (κ1) is 16.3. The first-order chi connectivity index (χ1) is 11.0. The highest BCUT2D eigenvalue weighted by Crippen LogP contribution is 2.37. The van der Waals surface area contributed by atoms with Crippen molar-refractivity contribution in [2.75, 3.05) is 17.2 Å². The van der Waals surface area contributed by atoms with Gasteiger partial charge in [0.05, 0.1) is 6.04 Å². The quantitative estimate of drug-likeness (QED) is 0.845. The second kappa shape index (κ2) is 6.93. The maximum atomic E-state index is 6.46. The van der Waals surface area contributed by atoms with Crippen LogP contribution in [0.3, 0.4) is 0 Å². The molecule has 2 aromatic rings. The third kappa shape index (κ3) is 3.70. The molecular weight excluding hydrogens is 331 g/mol. The van der Waals surface area contributed by atoms with Gasteiger partial charge in [-0.1, -0.05) is 42.1 Å². The predicted molar refractivity (Wildman–Crippen MR) is 96.2 cm³/mol. The van der Waals surface area contributed by atoms with Crippen LogP contribution in [0.4, 0.5) is 11.8 Å². The highest BCUT2D eigenvalue weighted by molar-refractivity contribution is 6.35. The Morgan fingerprint density at radius 1 is 1.13 bits per heavy atom. The van der Waals surface area contributed by atoms with Gasteiger partial charge < -0.3 is 10.6 Å². The van der Waals surface area contributed by atoms with Crippen LogP contribution in [0.1, 0.15) is 43.0 Å². The van der Waals surface area contributed by atoms with Crippen LogP contribution in [0.5, 0.6) is 0 Å². The minimum atomic E-state index is 0.177. The zero-order valence-corrected chi connectivity index (χ0v) is 14.6. The van der Waals surface area contributed by atoms with E-state index in [1.54, 1.807) is 6.07 Å². The Kier molecular flexibility index (Phi) is 4.93. The van der Waals surface area contributed by atoms with Crippen LogP contribution >= 0.6 is 23.2 Å². The molecule has 1 saturated heterocycles. The number of hydrogen-bond acceptors (Lipinski definition) is 4. The molecule has 1 unspecified atom stereocenters. The lowest BCUT2D eigenvalue weighted by molar-refractivity contribution is 0.596. The Morgan fingerprint density at radius 2 is 1.96 bits per heavy atom. The number of rotatable bonds is 2. The van der Waals surface area contributed by atoms with Crippen molar-refractivity contribution in [3.63, 3.8) is 0 Å². The Hall–Kier alpha value is -1.52. The fraction of sp³-hybridized carbons (Fsp3) is 0.412. The first-order valence-corrected chi connectivity index (χ1v) is 8.63. The summed E-state index contributed by atoms with van der Waals surface area (Å²) in [4.78, 5) is 10.9. The maximum Gasteiger partial charge on any atom is 0.222 e. The van der Waals surface area contributed by atoms with Gasteiger partial charge in [0.2, 0.25) is 5.95 Å². The van der Waals surface area contributed by atoms with Crippen molar-refractivity contribution in [2.45, 2.75) is 38.6 Å². The van der Waals surface area contributed by atoms with E-state index in [2.05, 4.69) is 14.9 Å². The van der Waals surface area contributed by atoms with Crippen LogP contribution < -0.4 is 10.6 Å². The number of nitrogens with zero attached hydrogens (tertiary/aromatic N) is 3. The molecule has 1 aliphatic heterocycles. The van der Waals surface area contributed by atoms with Gasteiger partial charge >= 0.3 is 0 Å². The van der Waals surface area contributed by atoms with E-state index in [-0.39, 0.29) is 6.04 Å². The number of nitrogen functional groups attached to an aromatic ring is 1. The van der Waals surface area contributed by atoms with Crippen LogP contribution in [0.15, 0.2) is 24.3 Å². The van der Waals surface area contributed by atoms with Gasteiger partial charge in [0, 0.05) is 28.4 Å². The molecule has 1 atom stereocenters. The summed E-state index contributed by atoms with van der Waals surface area (Å²) in [6.45, 7) is 2.86. The van der Waals surface area contributed by atoms with Crippen LogP contribution in [0.2, 0.25) is 10.0 Å². The molecule has 1 aliphatic rings. The SMILES string of the molecule is Cc1cc(N2CCCCCC2c2ccc(Cl)cc2Cl)nc(N)n1. The average molecular weight is 351 g/mol. The number of benzene rings is 1. The Labute approximate surface area is 146 Å². The first-order valence-electron chi connectivity index (χ1n) is 7.87. The molecule has 0 radical (unpaired) electrons. The lowest BCUT2D eigenvalue weighted by atomic mass is 10.0. The van der Waals surface area contributed by atoms with E-state index in [9.17, 15) is 0 Å². The van der Waals surface area contributed by atoms with Gasteiger partial charge in [0.25, 0.3) is 0 Å². The zero-order valence-electron chi connectivity index (χ0n) is 13.1. The maximum absolute atomic E-state index is 6.46. The molecule has 0 aliphatic carbocycles. The molecule has 3 rings (SSSR count). The summed E-state index contributed by atoms with van der Waals surface area (Å²) in [5.41, 5.74) is 7.81. The summed E-state index contributed by atoms with van der Waals surface area (Å²) in [5, 5.41) is 1.36. The predicted octanol–water partition coefficient (Wildman–Crippen LogP) is 4.80. The number of halogens is 2. The van der Waals surface area contributed by atoms with Gasteiger partial charge in [-0.3, -0.25) is 0 Å². The molecule has 122 valence electrons. The zero-order chi connectivity index (χ0) is 16.4. The van der Waals surface area contributed by atoms with Crippen molar-refractivity contribution >= 4 is 35.0 Å². The molecule has 0 saturated carbocycles. The lowest BCUT2D eigenvalue weighted by Crippen LogP contribution is -2.29. The molecule has 1 fully saturated rings. The number of hydrogen-bond donors (Lipinski definition) is 1. The molecule has 23 heavy (non-hydrogen) atoms. The summed E-state index contributed by atoms with van der Waals surface area (Å²) in [6, 6.07) is 7.88. The molecule has 4 nitrogen and oxygen atoms in total. The second-order valence-corrected chi connectivity index (χ2v) is 6.79. The van der Waals surface area contributed by atoms with Gasteiger partial charge in [0.1, 0.15) is 5.82 Å². The van der Waals surface area contributed by atoms with Crippen LogP contribution in [-0.4, -0.2) is 16.5 Å². The van der Waals surface area contributed by atoms with Crippen molar-refractivity contribution in [1.29, 1.82) is 0 Å². The van der Waals surface area contributed by atoms with Crippen molar-refractivity contribution in [1.82, 2.24) is 9.97 Å². The topological polar surface area (TPSA) is 55.0 Å². The summed E-state index contributed by atoms with van der Waals surface area (Å²) in [7, 11) is 0. The van der Waals surface area contributed by atoms with Crippen molar-refractivity contribution in [3.05, 3.63) is 45.6 Å². The minimum Gasteiger partial charge on any atom is -0.368 e. The van der Waals surface area contributed by atoms with Gasteiger partial charge in [-0.2, -0.15) is 4.98 Å². The van der Waals surface area contributed by atoms with Gasteiger partial charge in [-0.25, -0.2) is 4.98 Å². The van der Waals surface area contributed by atoms with Gasteiger partial charge in [0.15, 0.2) is 0 Å². The monoisotopic (exact) mass is 350 g/mol. The number of anilines is 2. The highest BCUT2D eigenvalue weighted by atomic mass is 35.5. The standard InChI is InChI=1S/C17H20Cl2N4/c1-11-9-16(22-17(20)21-11)23-8-4-2-3-5-15(23)13-7-6-12(18)10-14(13)19/h6-7,9-10,15H,2-5,8H2,1H3,(H2,20,21,22). The van der Waals surface area contributed by atoms with Gasteiger partial charge in [-0.15, -0.1) is 0 Å². The summed E-state index contributed by atoms with van der Waals surface area (Å²) in [5.74, 6) is 1.18. The van der Waals surface area contributed by atoms with Gasteiger partial charge in [-0.05, 0) is 37.5 Å². The smallest absolute Gasteiger partial charge is 0.222 e. The van der Waals surface area contributed by atoms with E-state index in [1.807, 2.05) is 25.1 Å². The third-order valence-electron chi connectivity index (χ3n) is 4.23. The van der Waals surface area contributed by atoms with E-state index in [0.29, 0.717) is 16.0 Å². The number of aryl methyl sites for hydroxylation is 1. The molecular formula is C17H20Cl2N4. The van der Waals surface area contributed by atoms with E-state index in [0.717, 1.165) is 36.5 Å². The summed E-state index contributed by atoms with van der Waals surface area (Å²) in [6.07, 6.45) is 4.53. The number of aromatic nitrogens is 2. The molecule has 2 heterocycles. The molecule has 2 N–H and O–H groups in total. The number of nitrogens with two attached hydrogens (primary N) is 1. The lowest BCUT2D eigenvalue weighted by Gasteiger charge is -2.32. The largest absolute Gasteiger partial charge is 0.368 e. The van der Waals surface area contributed by atoms with E-state index in [4.69, 9.17) is 28.9 Å². The van der Waals surface area contributed by atoms with E-state index in [1.165, 1.54) is 12.8 Å².